The summed E-state index contributed by atoms with van der Waals surface area (Å²) < 4.78 is 6.27. The molecule has 2 aliphatic rings. The lowest BCUT2D eigenvalue weighted by molar-refractivity contribution is -0.141. The number of benzene rings is 3. The highest BCUT2D eigenvalue weighted by atomic mass is 35.5. The van der Waals surface area contributed by atoms with Crippen LogP contribution in [-0.4, -0.2) is 57.9 Å². The molecule has 0 aliphatic carbocycles. The highest BCUT2D eigenvalue weighted by molar-refractivity contribution is 5.94. The topological polar surface area (TPSA) is 118 Å². The Bertz CT molecular complexity index is 1640. The van der Waals surface area contributed by atoms with Gasteiger partial charge in [0.1, 0.15) is 11.6 Å². The number of likely N-dealkylation sites (tertiary alicyclic amines) is 1. The lowest BCUT2D eigenvalue weighted by Gasteiger charge is -2.49. The minimum Gasteiger partial charge on any atom is -0.454 e. The summed E-state index contributed by atoms with van der Waals surface area (Å²) in [6.45, 7) is 4.03. The first-order chi connectivity index (χ1) is 20.2. The molecular formula is C34H37ClN4O4. The summed E-state index contributed by atoms with van der Waals surface area (Å²) in [5.41, 5.74) is 8.69. The first-order valence-electron chi connectivity index (χ1n) is 14.5. The molecule has 1 spiro atoms. The van der Waals surface area contributed by atoms with E-state index in [9.17, 15) is 14.4 Å². The van der Waals surface area contributed by atoms with Gasteiger partial charge in [0.25, 0.3) is 0 Å². The van der Waals surface area contributed by atoms with Crippen LogP contribution in [0.5, 0.6) is 0 Å². The maximum atomic E-state index is 14.1. The van der Waals surface area contributed by atoms with Gasteiger partial charge in [0.15, 0.2) is 0 Å². The molecule has 6 rings (SSSR count). The number of piperidine rings is 1. The van der Waals surface area contributed by atoms with Gasteiger partial charge in [-0.15, -0.1) is 12.4 Å². The predicted octanol–water partition coefficient (Wildman–Crippen LogP) is 4.72. The molecule has 2 aliphatic heterocycles. The third-order valence-corrected chi connectivity index (χ3v) is 8.66. The second kappa shape index (κ2) is 11.9. The van der Waals surface area contributed by atoms with E-state index < -0.39 is 23.1 Å². The van der Waals surface area contributed by atoms with E-state index in [1.807, 2.05) is 72.9 Å². The zero-order valence-electron chi connectivity index (χ0n) is 24.3. The number of fused-ring (bicyclic) bond motifs is 2. The van der Waals surface area contributed by atoms with Crippen LogP contribution < -0.4 is 11.1 Å². The van der Waals surface area contributed by atoms with Crippen molar-refractivity contribution in [1.29, 1.82) is 0 Å². The number of nitrogens with two attached hydrogens (primary N) is 1. The minimum absolute atomic E-state index is 0. The predicted molar refractivity (Wildman–Crippen MR) is 168 cm³/mol. The van der Waals surface area contributed by atoms with Crippen LogP contribution >= 0.6 is 12.4 Å². The molecule has 1 aromatic heterocycles. The Labute approximate surface area is 257 Å². The molecule has 224 valence electrons. The van der Waals surface area contributed by atoms with Gasteiger partial charge in [0.2, 0.25) is 11.8 Å². The Hall–Kier alpha value is -4.14. The number of carbonyl (C=O) groups excluding carboxylic acids is 3. The lowest BCUT2D eigenvalue weighted by atomic mass is 9.69. The number of halogens is 1. The summed E-state index contributed by atoms with van der Waals surface area (Å²) in [5, 5.41) is 3.94. The van der Waals surface area contributed by atoms with Crippen molar-refractivity contribution < 1.29 is 19.1 Å². The molecule has 2 amide bonds. The number of nitrogens with one attached hydrogen (secondary N) is 2. The summed E-state index contributed by atoms with van der Waals surface area (Å²) in [6, 6.07) is 24.8. The van der Waals surface area contributed by atoms with Crippen LogP contribution in [0.4, 0.5) is 0 Å². The Balaban J connectivity index is 0.00000368. The van der Waals surface area contributed by atoms with Crippen molar-refractivity contribution in [3.8, 4) is 0 Å². The first kappa shape index (κ1) is 30.3. The number of para-hydroxylation sites is 1. The first-order valence-corrected chi connectivity index (χ1v) is 14.5. The van der Waals surface area contributed by atoms with E-state index in [-0.39, 0.29) is 30.2 Å². The normalized spacial score (nSPS) is 18.3. The molecule has 0 saturated carbocycles. The molecule has 4 aromatic rings. The summed E-state index contributed by atoms with van der Waals surface area (Å²) in [7, 11) is 0. The fraction of sp³-hybridized carbons (Fsp3) is 0.324. The quantitative estimate of drug-likeness (QED) is 0.277. The van der Waals surface area contributed by atoms with Crippen LogP contribution in [0.3, 0.4) is 0 Å². The highest BCUT2D eigenvalue weighted by Gasteiger charge is 2.51. The Morgan fingerprint density at radius 1 is 1.02 bits per heavy atom. The van der Waals surface area contributed by atoms with Crippen molar-refractivity contribution in [1.82, 2.24) is 15.2 Å². The maximum absolute atomic E-state index is 14.1. The number of ether oxygens (including phenoxy) is 1. The average Bonchev–Trinajstić information content (AvgIpc) is 3.39. The smallest absolute Gasteiger partial charge is 0.339 e. The third-order valence-electron chi connectivity index (χ3n) is 8.66. The number of nitrogens with zero attached hydrogens (tertiary/aromatic N) is 1. The van der Waals surface area contributed by atoms with Crippen molar-refractivity contribution in [2.24, 2.45) is 5.73 Å². The average molecular weight is 601 g/mol. The standard InChI is InChI=1S/C34H36N4O4.ClH/c1-33(2,35)32(41)37-28(20-23-21-36-27-15-9-8-12-24(23)27)30(39)38-18-16-34(17-19-38)29(22-10-4-3-5-11-22)25-13-6-7-14-26(25)31(40)42-34;/h3-15,21,28-29,36H,16-20,35H2,1-2H3,(H,37,41);1H/t28-,29?;/m1./s1. The highest BCUT2D eigenvalue weighted by Crippen LogP contribution is 2.48. The fourth-order valence-electron chi connectivity index (χ4n) is 6.43. The Kier molecular flexibility index (Phi) is 8.36. The Morgan fingerprint density at radius 3 is 2.40 bits per heavy atom. The number of rotatable bonds is 6. The van der Waals surface area contributed by atoms with Gasteiger partial charge in [-0.05, 0) is 42.7 Å². The third kappa shape index (κ3) is 5.77. The molecular weight excluding hydrogens is 564 g/mol. The van der Waals surface area contributed by atoms with E-state index in [0.717, 1.165) is 27.6 Å². The van der Waals surface area contributed by atoms with E-state index in [2.05, 4.69) is 22.4 Å². The van der Waals surface area contributed by atoms with Crippen molar-refractivity contribution in [3.63, 3.8) is 0 Å². The lowest BCUT2D eigenvalue weighted by Crippen LogP contribution is -2.60. The molecule has 1 saturated heterocycles. The number of aromatic amines is 1. The van der Waals surface area contributed by atoms with Gasteiger partial charge in [0.05, 0.1) is 11.1 Å². The largest absolute Gasteiger partial charge is 0.454 e. The van der Waals surface area contributed by atoms with Gasteiger partial charge in [-0.2, -0.15) is 0 Å². The van der Waals surface area contributed by atoms with Gasteiger partial charge in [-0.3, -0.25) is 9.59 Å². The van der Waals surface area contributed by atoms with E-state index >= 15 is 0 Å². The van der Waals surface area contributed by atoms with Gasteiger partial charge in [-0.25, -0.2) is 4.79 Å². The summed E-state index contributed by atoms with van der Waals surface area (Å²) in [5.74, 6) is -1.04. The zero-order valence-corrected chi connectivity index (χ0v) is 25.2. The molecule has 9 heteroatoms. The second-order valence-electron chi connectivity index (χ2n) is 12.0. The number of aromatic nitrogens is 1. The summed E-state index contributed by atoms with van der Waals surface area (Å²) >= 11 is 0. The molecule has 0 bridgehead atoms. The molecule has 0 radical (unpaired) electrons. The zero-order chi connectivity index (χ0) is 29.5. The van der Waals surface area contributed by atoms with Gasteiger partial charge in [0, 0.05) is 55.4 Å². The van der Waals surface area contributed by atoms with Crippen molar-refractivity contribution in [3.05, 3.63) is 107 Å². The van der Waals surface area contributed by atoms with Crippen molar-refractivity contribution >= 4 is 41.1 Å². The van der Waals surface area contributed by atoms with Crippen LogP contribution in [0, 0.1) is 0 Å². The molecule has 2 atom stereocenters. The molecule has 4 N–H and O–H groups in total. The van der Waals surface area contributed by atoms with Crippen LogP contribution in [0.25, 0.3) is 10.9 Å². The van der Waals surface area contributed by atoms with E-state index in [1.54, 1.807) is 18.7 Å². The molecule has 3 heterocycles. The maximum Gasteiger partial charge on any atom is 0.339 e. The number of H-pyrrole nitrogens is 1. The van der Waals surface area contributed by atoms with Crippen LogP contribution in [-0.2, 0) is 20.7 Å². The van der Waals surface area contributed by atoms with Crippen LogP contribution in [0.1, 0.15) is 59.7 Å². The van der Waals surface area contributed by atoms with E-state index in [1.165, 1.54) is 0 Å². The van der Waals surface area contributed by atoms with Gasteiger partial charge >= 0.3 is 5.97 Å². The monoisotopic (exact) mass is 600 g/mol. The Morgan fingerprint density at radius 2 is 1.67 bits per heavy atom. The van der Waals surface area contributed by atoms with Gasteiger partial charge in [-0.1, -0.05) is 66.7 Å². The molecule has 8 nitrogen and oxygen atoms in total. The van der Waals surface area contributed by atoms with Crippen molar-refractivity contribution in [2.75, 3.05) is 13.1 Å². The van der Waals surface area contributed by atoms with Crippen molar-refractivity contribution in [2.45, 2.75) is 56.2 Å². The number of hydrogen-bond acceptors (Lipinski definition) is 5. The SMILES string of the molecule is CC(C)(N)C(=O)N[C@H](Cc1c[nH]c2ccccc12)C(=O)N1CCC2(CC1)OC(=O)c1ccccc1C2c1ccccc1.Cl. The van der Waals surface area contributed by atoms with Gasteiger partial charge < -0.3 is 25.7 Å². The van der Waals surface area contributed by atoms with Crippen LogP contribution in [0.2, 0.25) is 0 Å². The molecule has 1 unspecified atom stereocenters. The number of hydrogen-bond donors (Lipinski definition) is 3. The molecule has 1 fully saturated rings. The number of esters is 1. The van der Waals surface area contributed by atoms with E-state index in [4.69, 9.17) is 10.5 Å². The second-order valence-corrected chi connectivity index (χ2v) is 12.0. The molecule has 3 aromatic carbocycles. The fourth-order valence-corrected chi connectivity index (χ4v) is 6.43. The number of amides is 2. The summed E-state index contributed by atoms with van der Waals surface area (Å²) in [4.78, 5) is 45.3. The minimum atomic E-state index is -1.14. The summed E-state index contributed by atoms with van der Waals surface area (Å²) in [6.07, 6.45) is 3.17. The van der Waals surface area contributed by atoms with E-state index in [0.29, 0.717) is 37.9 Å². The molecule has 43 heavy (non-hydrogen) atoms. The number of carbonyl (C=O) groups is 3. The van der Waals surface area contributed by atoms with Crippen LogP contribution in [0.15, 0.2) is 85.1 Å².